The van der Waals surface area contributed by atoms with Gasteiger partial charge in [0.25, 0.3) is 0 Å². The molecule has 0 saturated heterocycles. The Morgan fingerprint density at radius 2 is 2.00 bits per heavy atom. The fraction of sp³-hybridized carbons (Fsp3) is 0.500. The third-order valence-corrected chi connectivity index (χ3v) is 3.30. The standard InChI is InChI=1S/C14H18ClNO/c15-10-4-7-14(17)16(13-8-9-13)11-12-5-2-1-3-6-12/h1-3,5-6,13H,4,7-11H2. The Bertz CT molecular complexity index is 362. The van der Waals surface area contributed by atoms with Gasteiger partial charge in [-0.25, -0.2) is 0 Å². The molecule has 2 rings (SSSR count). The van der Waals surface area contributed by atoms with Gasteiger partial charge in [0.1, 0.15) is 0 Å². The molecular formula is C14H18ClNO. The van der Waals surface area contributed by atoms with E-state index in [1.807, 2.05) is 23.1 Å². The third kappa shape index (κ3) is 3.74. The number of benzene rings is 1. The normalized spacial score (nSPS) is 14.6. The number of carbonyl (C=O) groups is 1. The first-order valence-corrected chi connectivity index (χ1v) is 6.74. The summed E-state index contributed by atoms with van der Waals surface area (Å²) in [4.78, 5) is 14.1. The lowest BCUT2D eigenvalue weighted by molar-refractivity contribution is -0.132. The molecule has 0 heterocycles. The zero-order valence-electron chi connectivity index (χ0n) is 9.94. The van der Waals surface area contributed by atoms with E-state index in [0.717, 1.165) is 25.8 Å². The molecule has 1 aromatic carbocycles. The first-order valence-electron chi connectivity index (χ1n) is 6.20. The number of alkyl halides is 1. The zero-order valence-corrected chi connectivity index (χ0v) is 10.7. The van der Waals surface area contributed by atoms with E-state index in [4.69, 9.17) is 11.6 Å². The molecule has 0 aromatic heterocycles. The molecule has 0 unspecified atom stereocenters. The predicted molar refractivity (Wildman–Crippen MR) is 70.0 cm³/mol. The van der Waals surface area contributed by atoms with Gasteiger partial charge in [0.2, 0.25) is 5.91 Å². The van der Waals surface area contributed by atoms with Crippen molar-refractivity contribution in [1.82, 2.24) is 4.90 Å². The fourth-order valence-corrected chi connectivity index (χ4v) is 2.08. The van der Waals surface area contributed by atoms with Crippen LogP contribution in [-0.4, -0.2) is 22.7 Å². The van der Waals surface area contributed by atoms with Crippen LogP contribution in [0.1, 0.15) is 31.2 Å². The number of hydrogen-bond donors (Lipinski definition) is 0. The van der Waals surface area contributed by atoms with E-state index in [2.05, 4.69) is 12.1 Å². The summed E-state index contributed by atoms with van der Waals surface area (Å²) in [5.74, 6) is 0.812. The minimum Gasteiger partial charge on any atom is -0.335 e. The van der Waals surface area contributed by atoms with Crippen LogP contribution in [-0.2, 0) is 11.3 Å². The van der Waals surface area contributed by atoms with Gasteiger partial charge in [-0.1, -0.05) is 30.3 Å². The average molecular weight is 252 g/mol. The van der Waals surface area contributed by atoms with Crippen LogP contribution in [0.25, 0.3) is 0 Å². The molecule has 0 N–H and O–H groups in total. The highest BCUT2D eigenvalue weighted by atomic mass is 35.5. The Balaban J connectivity index is 1.95. The molecule has 1 saturated carbocycles. The Kier molecular flexibility index (Phi) is 4.43. The molecule has 1 aromatic rings. The molecule has 3 heteroatoms. The van der Waals surface area contributed by atoms with Crippen molar-refractivity contribution in [2.45, 2.75) is 38.3 Å². The highest BCUT2D eigenvalue weighted by Crippen LogP contribution is 2.29. The second-order valence-electron chi connectivity index (χ2n) is 4.53. The van der Waals surface area contributed by atoms with Gasteiger partial charge in [-0.2, -0.15) is 0 Å². The van der Waals surface area contributed by atoms with E-state index in [-0.39, 0.29) is 5.91 Å². The van der Waals surface area contributed by atoms with Crippen molar-refractivity contribution < 1.29 is 4.79 Å². The van der Waals surface area contributed by atoms with Crippen molar-refractivity contribution in [3.8, 4) is 0 Å². The second kappa shape index (κ2) is 6.06. The number of carbonyl (C=O) groups excluding carboxylic acids is 1. The van der Waals surface area contributed by atoms with Gasteiger partial charge < -0.3 is 4.90 Å². The summed E-state index contributed by atoms with van der Waals surface area (Å²) in [7, 11) is 0. The summed E-state index contributed by atoms with van der Waals surface area (Å²) in [5.41, 5.74) is 1.21. The van der Waals surface area contributed by atoms with E-state index in [9.17, 15) is 4.79 Å². The molecule has 0 atom stereocenters. The van der Waals surface area contributed by atoms with Gasteiger partial charge in [-0.3, -0.25) is 4.79 Å². The lowest BCUT2D eigenvalue weighted by Crippen LogP contribution is -2.32. The summed E-state index contributed by atoms with van der Waals surface area (Å²) in [6, 6.07) is 10.7. The van der Waals surface area contributed by atoms with E-state index < -0.39 is 0 Å². The van der Waals surface area contributed by atoms with Crippen LogP contribution < -0.4 is 0 Å². The summed E-state index contributed by atoms with van der Waals surface area (Å²) < 4.78 is 0. The first kappa shape index (κ1) is 12.4. The smallest absolute Gasteiger partial charge is 0.223 e. The maximum atomic E-state index is 12.1. The zero-order chi connectivity index (χ0) is 12.1. The van der Waals surface area contributed by atoms with Gasteiger partial charge >= 0.3 is 0 Å². The number of nitrogens with zero attached hydrogens (tertiary/aromatic N) is 1. The summed E-state index contributed by atoms with van der Waals surface area (Å²) in [5, 5.41) is 0. The molecule has 1 aliphatic rings. The third-order valence-electron chi connectivity index (χ3n) is 3.03. The first-order chi connectivity index (χ1) is 8.31. The average Bonchev–Trinajstić information content (AvgIpc) is 3.18. The molecule has 0 bridgehead atoms. The predicted octanol–water partition coefficient (Wildman–Crippen LogP) is 3.20. The maximum Gasteiger partial charge on any atom is 0.223 e. The van der Waals surface area contributed by atoms with Gasteiger partial charge in [-0.05, 0) is 24.8 Å². The Labute approximate surface area is 108 Å². The van der Waals surface area contributed by atoms with Crippen molar-refractivity contribution in [3.63, 3.8) is 0 Å². The summed E-state index contributed by atoms with van der Waals surface area (Å²) in [6.45, 7) is 0.743. The minimum absolute atomic E-state index is 0.247. The Morgan fingerprint density at radius 3 is 2.59 bits per heavy atom. The van der Waals surface area contributed by atoms with Crippen LogP contribution >= 0.6 is 11.6 Å². The molecule has 1 fully saturated rings. The summed E-state index contributed by atoms with van der Waals surface area (Å²) >= 11 is 5.63. The number of halogens is 1. The van der Waals surface area contributed by atoms with E-state index in [0.29, 0.717) is 18.3 Å². The van der Waals surface area contributed by atoms with Gasteiger partial charge in [-0.15, -0.1) is 11.6 Å². The van der Waals surface area contributed by atoms with Crippen molar-refractivity contribution in [2.24, 2.45) is 0 Å². The van der Waals surface area contributed by atoms with Crippen LogP contribution in [0.4, 0.5) is 0 Å². The van der Waals surface area contributed by atoms with Gasteiger partial charge in [0.15, 0.2) is 0 Å². The van der Waals surface area contributed by atoms with Crippen LogP contribution in [0.15, 0.2) is 30.3 Å². The maximum absolute atomic E-state index is 12.1. The van der Waals surface area contributed by atoms with Crippen molar-refractivity contribution in [2.75, 3.05) is 5.88 Å². The molecule has 0 aliphatic heterocycles. The van der Waals surface area contributed by atoms with Crippen molar-refractivity contribution in [3.05, 3.63) is 35.9 Å². The molecule has 92 valence electrons. The van der Waals surface area contributed by atoms with Crippen LogP contribution in [0.2, 0.25) is 0 Å². The molecule has 1 amide bonds. The van der Waals surface area contributed by atoms with E-state index in [1.54, 1.807) is 0 Å². The molecule has 0 spiro atoms. The molecule has 2 nitrogen and oxygen atoms in total. The van der Waals surface area contributed by atoms with Crippen LogP contribution in [0, 0.1) is 0 Å². The van der Waals surface area contributed by atoms with Crippen LogP contribution in [0.5, 0.6) is 0 Å². The van der Waals surface area contributed by atoms with Crippen molar-refractivity contribution in [1.29, 1.82) is 0 Å². The Hall–Kier alpha value is -1.02. The topological polar surface area (TPSA) is 20.3 Å². The van der Waals surface area contributed by atoms with Crippen molar-refractivity contribution >= 4 is 17.5 Å². The highest BCUT2D eigenvalue weighted by Gasteiger charge is 2.31. The van der Waals surface area contributed by atoms with Gasteiger partial charge in [0.05, 0.1) is 0 Å². The van der Waals surface area contributed by atoms with E-state index in [1.165, 1.54) is 5.56 Å². The van der Waals surface area contributed by atoms with Gasteiger partial charge in [0, 0.05) is 24.9 Å². The SMILES string of the molecule is O=C(CCCCl)N(Cc1ccccc1)C1CC1. The monoisotopic (exact) mass is 251 g/mol. The second-order valence-corrected chi connectivity index (χ2v) is 4.91. The lowest BCUT2D eigenvalue weighted by atomic mass is 10.2. The van der Waals surface area contributed by atoms with E-state index >= 15 is 0 Å². The fourth-order valence-electron chi connectivity index (χ4n) is 1.95. The summed E-state index contributed by atoms with van der Waals surface area (Å²) in [6.07, 6.45) is 3.66. The quantitative estimate of drug-likeness (QED) is 0.711. The number of rotatable bonds is 6. The molecule has 1 aliphatic carbocycles. The molecule has 0 radical (unpaired) electrons. The largest absolute Gasteiger partial charge is 0.335 e. The minimum atomic E-state index is 0.247. The number of hydrogen-bond acceptors (Lipinski definition) is 1. The molecular weight excluding hydrogens is 234 g/mol. The highest BCUT2D eigenvalue weighted by molar-refractivity contribution is 6.17. The van der Waals surface area contributed by atoms with Crippen LogP contribution in [0.3, 0.4) is 0 Å². The Morgan fingerprint density at radius 1 is 1.29 bits per heavy atom. The lowest BCUT2D eigenvalue weighted by Gasteiger charge is -2.22. The molecule has 17 heavy (non-hydrogen) atoms. The number of amides is 1.